The summed E-state index contributed by atoms with van der Waals surface area (Å²) >= 11 is 1.19. The van der Waals surface area contributed by atoms with Crippen LogP contribution in [-0.4, -0.2) is 52.8 Å². The molecule has 174 valence electrons. The molecule has 1 aliphatic rings. The lowest BCUT2D eigenvalue weighted by molar-refractivity contribution is -0.384. The highest BCUT2D eigenvalue weighted by Crippen LogP contribution is 2.35. The molecule has 1 saturated heterocycles. The number of rotatable bonds is 9. The molecule has 1 N–H and O–H groups in total. The summed E-state index contributed by atoms with van der Waals surface area (Å²) < 4.78 is 10.3. The molecular formula is C22H24N4O6S. The number of amidine groups is 1. The number of aliphatic imine (C=N–C) groups is 1. The van der Waals surface area contributed by atoms with Crippen molar-refractivity contribution in [2.45, 2.75) is 25.0 Å². The molecule has 2 amide bonds. The van der Waals surface area contributed by atoms with Crippen LogP contribution in [0.2, 0.25) is 0 Å². The van der Waals surface area contributed by atoms with Gasteiger partial charge in [-0.3, -0.25) is 24.6 Å². The van der Waals surface area contributed by atoms with Crippen molar-refractivity contribution in [2.24, 2.45) is 4.99 Å². The number of thioether (sulfide) groups is 1. The molecule has 1 aliphatic heterocycles. The Labute approximate surface area is 195 Å². The number of nitrogens with one attached hydrogen (secondary N) is 1. The van der Waals surface area contributed by atoms with Crippen LogP contribution in [0.3, 0.4) is 0 Å². The van der Waals surface area contributed by atoms with Crippen molar-refractivity contribution >= 4 is 45.8 Å². The van der Waals surface area contributed by atoms with Crippen LogP contribution >= 0.6 is 11.8 Å². The zero-order chi connectivity index (χ0) is 24.0. The van der Waals surface area contributed by atoms with E-state index in [9.17, 15) is 19.7 Å². The second-order valence-corrected chi connectivity index (χ2v) is 8.22. The number of ether oxygens (including phenoxy) is 2. The van der Waals surface area contributed by atoms with E-state index in [1.807, 2.05) is 19.1 Å². The normalized spacial score (nSPS) is 16.7. The summed E-state index contributed by atoms with van der Waals surface area (Å²) in [4.78, 5) is 42.6. The van der Waals surface area contributed by atoms with Crippen molar-refractivity contribution in [1.82, 2.24) is 4.90 Å². The number of hydrogen-bond donors (Lipinski definition) is 1. The Morgan fingerprint density at radius 1 is 1.24 bits per heavy atom. The minimum atomic E-state index is -0.692. The molecule has 11 heteroatoms. The molecule has 0 unspecified atom stereocenters. The number of para-hydroxylation sites is 2. The summed E-state index contributed by atoms with van der Waals surface area (Å²) in [5, 5.41) is 13.7. The smallest absolute Gasteiger partial charge is 0.296 e. The molecule has 0 bridgehead atoms. The van der Waals surface area contributed by atoms with Crippen LogP contribution < -0.4 is 14.8 Å². The number of nitro groups is 1. The SMILES string of the molecule is CCCN1C(=O)[C@@H](CC(=O)Nc2ccc(OC)cc2[N+](=O)[O-])SC1=Nc1ccccc1OC. The zero-order valence-electron chi connectivity index (χ0n) is 18.4. The van der Waals surface area contributed by atoms with Crippen LogP contribution in [-0.2, 0) is 9.59 Å². The number of anilines is 1. The molecule has 1 atom stereocenters. The molecule has 0 aliphatic carbocycles. The summed E-state index contributed by atoms with van der Waals surface area (Å²) in [6, 6.07) is 11.3. The van der Waals surface area contributed by atoms with E-state index < -0.39 is 16.1 Å². The lowest BCUT2D eigenvalue weighted by atomic mass is 10.2. The monoisotopic (exact) mass is 472 g/mol. The minimum absolute atomic E-state index is 0.0366. The van der Waals surface area contributed by atoms with E-state index in [2.05, 4.69) is 10.3 Å². The van der Waals surface area contributed by atoms with Gasteiger partial charge < -0.3 is 14.8 Å². The topological polar surface area (TPSA) is 123 Å². The molecule has 3 rings (SSSR count). The van der Waals surface area contributed by atoms with E-state index in [0.29, 0.717) is 35.3 Å². The van der Waals surface area contributed by atoms with Crippen LogP contribution in [0.15, 0.2) is 47.5 Å². The van der Waals surface area contributed by atoms with Gasteiger partial charge in [-0.25, -0.2) is 4.99 Å². The van der Waals surface area contributed by atoms with E-state index >= 15 is 0 Å². The molecule has 33 heavy (non-hydrogen) atoms. The highest BCUT2D eigenvalue weighted by molar-refractivity contribution is 8.15. The number of methoxy groups -OCH3 is 2. The third kappa shape index (κ3) is 5.61. The molecular weight excluding hydrogens is 448 g/mol. The Morgan fingerprint density at radius 3 is 2.67 bits per heavy atom. The number of carbonyl (C=O) groups is 2. The number of hydrogen-bond acceptors (Lipinski definition) is 8. The first kappa shape index (κ1) is 24.1. The predicted molar refractivity (Wildman–Crippen MR) is 126 cm³/mol. The Hall–Kier alpha value is -3.60. The van der Waals surface area contributed by atoms with Crippen molar-refractivity contribution in [2.75, 3.05) is 26.1 Å². The van der Waals surface area contributed by atoms with Crippen molar-refractivity contribution in [1.29, 1.82) is 0 Å². The first-order valence-electron chi connectivity index (χ1n) is 10.2. The second-order valence-electron chi connectivity index (χ2n) is 7.06. The first-order valence-corrected chi connectivity index (χ1v) is 11.1. The van der Waals surface area contributed by atoms with Crippen LogP contribution in [0.25, 0.3) is 0 Å². The second kappa shape index (κ2) is 10.8. The summed E-state index contributed by atoms with van der Waals surface area (Å²) in [6.07, 6.45) is 0.562. The van der Waals surface area contributed by atoms with Crippen LogP contribution in [0, 0.1) is 10.1 Å². The Kier molecular flexibility index (Phi) is 7.88. The van der Waals surface area contributed by atoms with Crippen LogP contribution in [0.1, 0.15) is 19.8 Å². The highest BCUT2D eigenvalue weighted by Gasteiger charge is 2.39. The molecule has 2 aromatic carbocycles. The average molecular weight is 473 g/mol. The lowest BCUT2D eigenvalue weighted by Crippen LogP contribution is -2.34. The minimum Gasteiger partial charge on any atom is -0.496 e. The summed E-state index contributed by atoms with van der Waals surface area (Å²) in [6.45, 7) is 2.41. The van der Waals surface area contributed by atoms with Gasteiger partial charge >= 0.3 is 0 Å². The van der Waals surface area contributed by atoms with E-state index in [1.54, 1.807) is 24.1 Å². The Bertz CT molecular complexity index is 1090. The van der Waals surface area contributed by atoms with Gasteiger partial charge in [-0.1, -0.05) is 30.8 Å². The molecule has 0 radical (unpaired) electrons. The fraction of sp³-hybridized carbons (Fsp3) is 0.318. The average Bonchev–Trinajstić information content (AvgIpc) is 3.08. The maximum Gasteiger partial charge on any atom is 0.296 e. The van der Waals surface area contributed by atoms with Gasteiger partial charge in [0.2, 0.25) is 11.8 Å². The molecule has 0 aromatic heterocycles. The third-order valence-electron chi connectivity index (χ3n) is 4.81. The van der Waals surface area contributed by atoms with E-state index in [0.717, 1.165) is 0 Å². The molecule has 1 heterocycles. The fourth-order valence-electron chi connectivity index (χ4n) is 3.24. The van der Waals surface area contributed by atoms with Gasteiger partial charge in [0.1, 0.15) is 28.1 Å². The summed E-state index contributed by atoms with van der Waals surface area (Å²) in [5.74, 6) is 0.134. The quantitative estimate of drug-likeness (QED) is 0.432. The molecule has 0 spiro atoms. The van der Waals surface area contributed by atoms with Gasteiger partial charge in [0.05, 0.1) is 25.2 Å². The number of benzene rings is 2. The van der Waals surface area contributed by atoms with Crippen molar-refractivity contribution < 1.29 is 24.0 Å². The zero-order valence-corrected chi connectivity index (χ0v) is 19.3. The van der Waals surface area contributed by atoms with Gasteiger partial charge in [0.15, 0.2) is 5.17 Å². The number of nitrogens with zero attached hydrogens (tertiary/aromatic N) is 3. The standard InChI is InChI=1S/C22H24N4O6S/c1-4-11-25-21(28)19(33-22(25)24-16-7-5-6-8-18(16)32-3)13-20(27)23-15-10-9-14(31-2)12-17(15)26(29)30/h5-10,12,19H,4,11,13H2,1-3H3,(H,23,27)/t19-/m1/s1. The Morgan fingerprint density at radius 2 is 2.00 bits per heavy atom. The van der Waals surface area contributed by atoms with E-state index in [-0.39, 0.29) is 23.7 Å². The van der Waals surface area contributed by atoms with Gasteiger partial charge in [-0.2, -0.15) is 0 Å². The van der Waals surface area contributed by atoms with E-state index in [1.165, 1.54) is 37.1 Å². The van der Waals surface area contributed by atoms with Crippen LogP contribution in [0.5, 0.6) is 11.5 Å². The highest BCUT2D eigenvalue weighted by atomic mass is 32.2. The Balaban J connectivity index is 1.79. The predicted octanol–water partition coefficient (Wildman–Crippen LogP) is 3.98. The van der Waals surface area contributed by atoms with Crippen LogP contribution in [0.4, 0.5) is 17.1 Å². The van der Waals surface area contributed by atoms with Crippen molar-refractivity contribution in [3.8, 4) is 11.5 Å². The van der Waals surface area contributed by atoms with Gasteiger partial charge in [-0.05, 0) is 30.7 Å². The summed E-state index contributed by atoms with van der Waals surface area (Å²) in [5.41, 5.74) is 0.323. The largest absolute Gasteiger partial charge is 0.496 e. The van der Waals surface area contributed by atoms with Gasteiger partial charge in [0.25, 0.3) is 5.69 Å². The van der Waals surface area contributed by atoms with Gasteiger partial charge in [-0.15, -0.1) is 0 Å². The molecule has 0 saturated carbocycles. The number of nitro benzene ring substituents is 1. The molecule has 10 nitrogen and oxygen atoms in total. The maximum absolute atomic E-state index is 13.0. The lowest BCUT2D eigenvalue weighted by Gasteiger charge is -2.15. The molecule has 2 aromatic rings. The maximum atomic E-state index is 13.0. The summed E-state index contributed by atoms with van der Waals surface area (Å²) in [7, 11) is 2.94. The van der Waals surface area contributed by atoms with Crippen molar-refractivity contribution in [3.05, 3.63) is 52.6 Å². The van der Waals surface area contributed by atoms with Gasteiger partial charge in [0, 0.05) is 13.0 Å². The number of amides is 2. The first-order chi connectivity index (χ1) is 15.9. The van der Waals surface area contributed by atoms with Crippen molar-refractivity contribution in [3.63, 3.8) is 0 Å². The third-order valence-corrected chi connectivity index (χ3v) is 5.99. The molecule has 1 fully saturated rings. The number of carbonyl (C=O) groups excluding carboxylic acids is 2. The van der Waals surface area contributed by atoms with E-state index in [4.69, 9.17) is 9.47 Å². The fourth-order valence-corrected chi connectivity index (χ4v) is 4.42.